The quantitative estimate of drug-likeness (QED) is 0.662. The molecular formula is C14H15N3O2. The van der Waals surface area contributed by atoms with Gasteiger partial charge < -0.3 is 9.80 Å². The van der Waals surface area contributed by atoms with Crippen LogP contribution >= 0.6 is 0 Å². The predicted molar refractivity (Wildman–Crippen MR) is 71.8 cm³/mol. The van der Waals surface area contributed by atoms with Gasteiger partial charge in [-0.05, 0) is 32.0 Å². The third-order valence-electron chi connectivity index (χ3n) is 3.51. The zero-order valence-electron chi connectivity index (χ0n) is 11.4. The van der Waals surface area contributed by atoms with Gasteiger partial charge in [-0.3, -0.25) is 9.59 Å². The van der Waals surface area contributed by atoms with E-state index in [2.05, 4.69) is 0 Å². The zero-order valence-corrected chi connectivity index (χ0v) is 11.4. The number of anilines is 2. The van der Waals surface area contributed by atoms with E-state index < -0.39 is 5.41 Å². The minimum absolute atomic E-state index is 0.257. The smallest absolute Gasteiger partial charge is 0.241 e. The van der Waals surface area contributed by atoms with Crippen molar-refractivity contribution in [2.75, 3.05) is 23.9 Å². The number of nitriles is 1. The summed E-state index contributed by atoms with van der Waals surface area (Å²) in [6.07, 6.45) is 0. The molecule has 1 aromatic rings. The van der Waals surface area contributed by atoms with E-state index in [0.717, 1.165) is 0 Å². The van der Waals surface area contributed by atoms with E-state index in [1.807, 2.05) is 6.07 Å². The Hall–Kier alpha value is -2.35. The molecule has 2 amide bonds. The van der Waals surface area contributed by atoms with Crippen LogP contribution < -0.4 is 9.80 Å². The fourth-order valence-corrected chi connectivity index (χ4v) is 2.29. The number of rotatable bonds is 0. The molecule has 5 heteroatoms. The van der Waals surface area contributed by atoms with E-state index in [1.54, 1.807) is 46.1 Å². The van der Waals surface area contributed by atoms with Gasteiger partial charge >= 0.3 is 0 Å². The van der Waals surface area contributed by atoms with E-state index in [-0.39, 0.29) is 11.8 Å². The molecular weight excluding hydrogens is 242 g/mol. The van der Waals surface area contributed by atoms with Gasteiger partial charge in [-0.15, -0.1) is 0 Å². The first-order valence-corrected chi connectivity index (χ1v) is 5.91. The Balaban J connectivity index is 2.71. The van der Waals surface area contributed by atoms with Crippen molar-refractivity contribution in [1.82, 2.24) is 0 Å². The maximum atomic E-state index is 12.4. The predicted octanol–water partition coefficient (Wildman–Crippen LogP) is 1.52. The second-order valence-corrected chi connectivity index (χ2v) is 5.17. The molecule has 1 heterocycles. The van der Waals surface area contributed by atoms with Crippen LogP contribution in [0.1, 0.15) is 19.4 Å². The van der Waals surface area contributed by atoms with Crippen LogP contribution in [0.5, 0.6) is 0 Å². The van der Waals surface area contributed by atoms with Crippen molar-refractivity contribution in [2.24, 2.45) is 5.41 Å². The summed E-state index contributed by atoms with van der Waals surface area (Å²) in [5, 5.41) is 8.95. The van der Waals surface area contributed by atoms with E-state index in [4.69, 9.17) is 5.26 Å². The van der Waals surface area contributed by atoms with Crippen molar-refractivity contribution in [3.05, 3.63) is 23.8 Å². The molecule has 2 rings (SSSR count). The largest absolute Gasteiger partial charge is 0.313 e. The molecule has 98 valence electrons. The van der Waals surface area contributed by atoms with E-state index in [1.165, 1.54) is 9.80 Å². The molecule has 0 atom stereocenters. The molecule has 1 aromatic carbocycles. The van der Waals surface area contributed by atoms with Gasteiger partial charge in [-0.2, -0.15) is 5.26 Å². The first-order chi connectivity index (χ1) is 8.80. The molecule has 0 saturated carbocycles. The van der Waals surface area contributed by atoms with Gasteiger partial charge in [0.1, 0.15) is 5.41 Å². The second kappa shape index (κ2) is 4.09. The third-order valence-corrected chi connectivity index (χ3v) is 3.51. The molecule has 19 heavy (non-hydrogen) atoms. The topological polar surface area (TPSA) is 64.4 Å². The van der Waals surface area contributed by atoms with Crippen molar-refractivity contribution >= 4 is 23.2 Å². The summed E-state index contributed by atoms with van der Waals surface area (Å²) in [4.78, 5) is 27.6. The molecule has 0 saturated heterocycles. The average Bonchev–Trinajstić information content (AvgIpc) is 2.46. The van der Waals surface area contributed by atoms with Crippen molar-refractivity contribution in [2.45, 2.75) is 13.8 Å². The number of benzene rings is 1. The summed E-state index contributed by atoms with van der Waals surface area (Å²) in [6.45, 7) is 3.23. The summed E-state index contributed by atoms with van der Waals surface area (Å²) in [5.74, 6) is -0.536. The van der Waals surface area contributed by atoms with Crippen LogP contribution in [0.2, 0.25) is 0 Å². The first-order valence-electron chi connectivity index (χ1n) is 5.91. The number of carbonyl (C=O) groups is 2. The van der Waals surface area contributed by atoms with Gasteiger partial charge in [0.2, 0.25) is 11.8 Å². The molecule has 0 N–H and O–H groups in total. The Morgan fingerprint density at radius 1 is 1.05 bits per heavy atom. The number of hydrogen-bond acceptors (Lipinski definition) is 3. The molecule has 0 unspecified atom stereocenters. The van der Waals surface area contributed by atoms with Crippen molar-refractivity contribution in [3.63, 3.8) is 0 Å². The Morgan fingerprint density at radius 3 is 2.11 bits per heavy atom. The molecule has 1 aliphatic rings. The molecule has 1 aliphatic heterocycles. The molecule has 5 nitrogen and oxygen atoms in total. The zero-order chi connectivity index (χ0) is 14.4. The maximum absolute atomic E-state index is 12.4. The molecule has 0 fully saturated rings. The van der Waals surface area contributed by atoms with Gasteiger partial charge in [0.15, 0.2) is 0 Å². The monoisotopic (exact) mass is 257 g/mol. The van der Waals surface area contributed by atoms with Crippen LogP contribution in [0.15, 0.2) is 18.2 Å². The van der Waals surface area contributed by atoms with Crippen LogP contribution in [0.4, 0.5) is 11.4 Å². The van der Waals surface area contributed by atoms with Crippen molar-refractivity contribution in [1.29, 1.82) is 5.26 Å². The number of carbonyl (C=O) groups excluding carboxylic acids is 2. The van der Waals surface area contributed by atoms with Gasteiger partial charge in [-0.1, -0.05) is 0 Å². The standard InChI is InChI=1S/C14H15N3O2/c1-14(2)12(18)16(3)10-6-5-9(8-15)7-11(10)17(4)13(14)19/h5-7H,1-4H3. The van der Waals surface area contributed by atoms with Crippen LogP contribution in [0.25, 0.3) is 0 Å². The Bertz CT molecular complexity index is 614. The minimum atomic E-state index is -1.12. The lowest BCUT2D eigenvalue weighted by Gasteiger charge is -2.25. The van der Waals surface area contributed by atoms with Crippen LogP contribution in [0, 0.1) is 16.7 Å². The highest BCUT2D eigenvalue weighted by Gasteiger charge is 2.44. The Morgan fingerprint density at radius 2 is 1.58 bits per heavy atom. The SMILES string of the molecule is CN1C(=O)C(C)(C)C(=O)N(C)c2cc(C#N)ccc21. The van der Waals surface area contributed by atoms with Gasteiger partial charge in [0, 0.05) is 14.1 Å². The minimum Gasteiger partial charge on any atom is -0.313 e. The average molecular weight is 257 g/mol. The lowest BCUT2D eigenvalue weighted by Crippen LogP contribution is -2.46. The van der Waals surface area contributed by atoms with Gasteiger partial charge in [-0.25, -0.2) is 0 Å². The fourth-order valence-electron chi connectivity index (χ4n) is 2.29. The Labute approximate surface area is 112 Å². The first kappa shape index (κ1) is 13.1. The highest BCUT2D eigenvalue weighted by molar-refractivity contribution is 6.19. The summed E-state index contributed by atoms with van der Waals surface area (Å²) in [5.41, 5.74) is 0.546. The molecule has 0 aromatic heterocycles. The van der Waals surface area contributed by atoms with Crippen LogP contribution in [-0.4, -0.2) is 25.9 Å². The molecule has 0 aliphatic carbocycles. The summed E-state index contributed by atoms with van der Waals surface area (Å²) in [7, 11) is 3.26. The van der Waals surface area contributed by atoms with Crippen LogP contribution in [-0.2, 0) is 9.59 Å². The highest BCUT2D eigenvalue weighted by Crippen LogP contribution is 2.37. The molecule has 0 spiro atoms. The lowest BCUT2D eigenvalue weighted by atomic mass is 9.90. The second-order valence-electron chi connectivity index (χ2n) is 5.17. The number of hydrogen-bond donors (Lipinski definition) is 0. The molecule has 0 bridgehead atoms. The van der Waals surface area contributed by atoms with E-state index >= 15 is 0 Å². The van der Waals surface area contributed by atoms with Gasteiger partial charge in [0.25, 0.3) is 0 Å². The van der Waals surface area contributed by atoms with Crippen LogP contribution in [0.3, 0.4) is 0 Å². The number of nitrogens with zero attached hydrogens (tertiary/aromatic N) is 3. The van der Waals surface area contributed by atoms with E-state index in [9.17, 15) is 9.59 Å². The maximum Gasteiger partial charge on any atom is 0.241 e. The molecule has 0 radical (unpaired) electrons. The third kappa shape index (κ3) is 1.76. The Kier molecular flexibility index (Phi) is 2.82. The number of amides is 2. The lowest BCUT2D eigenvalue weighted by molar-refractivity contribution is -0.137. The fraction of sp³-hybridized carbons (Fsp3) is 0.357. The van der Waals surface area contributed by atoms with Gasteiger partial charge in [0.05, 0.1) is 23.0 Å². The normalized spacial score (nSPS) is 17.8. The van der Waals surface area contributed by atoms with Crippen molar-refractivity contribution < 1.29 is 9.59 Å². The van der Waals surface area contributed by atoms with E-state index in [0.29, 0.717) is 16.9 Å². The summed E-state index contributed by atoms with van der Waals surface area (Å²) >= 11 is 0. The number of fused-ring (bicyclic) bond motifs is 1. The highest BCUT2D eigenvalue weighted by atomic mass is 16.2. The summed E-state index contributed by atoms with van der Waals surface area (Å²) < 4.78 is 0. The summed E-state index contributed by atoms with van der Waals surface area (Å²) in [6, 6.07) is 6.99. The van der Waals surface area contributed by atoms with Crippen molar-refractivity contribution in [3.8, 4) is 6.07 Å².